The van der Waals surface area contributed by atoms with Gasteiger partial charge in [0.25, 0.3) is 0 Å². The van der Waals surface area contributed by atoms with E-state index in [-0.39, 0.29) is 0 Å². The lowest BCUT2D eigenvalue weighted by molar-refractivity contribution is -1.92. The quantitative estimate of drug-likeness (QED) is 0.329. The molecular formula is HClN2O4. The highest BCUT2D eigenvalue weighted by Crippen LogP contribution is 1.60. The van der Waals surface area contributed by atoms with E-state index in [1.165, 1.54) is 0 Å². The monoisotopic (exact) mass is 128 g/mol. The second kappa shape index (κ2) is 3.73. The summed E-state index contributed by atoms with van der Waals surface area (Å²) in [5.41, 5.74) is 0. The first kappa shape index (κ1) is 9.75. The minimum atomic E-state index is -4.69. The Hall–Kier alpha value is -0.450. The van der Waals surface area contributed by atoms with Crippen molar-refractivity contribution in [1.82, 2.24) is 0 Å². The molecule has 0 saturated heterocycles. The largest absolute Gasteiger partial charge is 0.183 e. The highest BCUT2D eigenvalue weighted by Gasteiger charge is 1.98. The highest BCUT2D eigenvalue weighted by atomic mass is 35.7. The van der Waals surface area contributed by atoms with Crippen LogP contribution in [0.5, 0.6) is 0 Å². The van der Waals surface area contributed by atoms with Crippen molar-refractivity contribution in [1.29, 1.82) is 10.8 Å². The molecule has 1 N–H and O–H groups in total. The summed E-state index contributed by atoms with van der Waals surface area (Å²) in [7, 11) is -4.69. The third-order valence-corrected chi connectivity index (χ3v) is 0. The highest BCUT2D eigenvalue weighted by molar-refractivity contribution is 2.30. The van der Waals surface area contributed by atoms with Crippen LogP contribution in [0.4, 0.5) is 0 Å². The maximum atomic E-state index is 8.60. The van der Waals surface area contributed by atoms with Crippen molar-refractivity contribution < 1.29 is 28.9 Å². The summed E-state index contributed by atoms with van der Waals surface area (Å²) in [5, 5.41) is 12.0. The molecule has 0 heterocycles. The molecule has 0 atom stereocenters. The van der Waals surface area contributed by atoms with Gasteiger partial charge in [-0.2, -0.15) is 14.0 Å². The molecular weight excluding hydrogens is 127 g/mol. The fourth-order valence-electron chi connectivity index (χ4n) is 0. The summed E-state index contributed by atoms with van der Waals surface area (Å²) in [6, 6.07) is 0. The molecule has 0 aliphatic heterocycles. The predicted octanol–water partition coefficient (Wildman–Crippen LogP) is -4.09. The summed E-state index contributed by atoms with van der Waals surface area (Å²) < 4.78 is 32.7. The van der Waals surface area contributed by atoms with Crippen LogP contribution in [0.1, 0.15) is 0 Å². The van der Waals surface area contributed by atoms with Crippen LogP contribution in [0.2, 0.25) is 0 Å². The van der Waals surface area contributed by atoms with Crippen LogP contribution >= 0.6 is 0 Å². The Morgan fingerprint density at radius 1 is 1.14 bits per heavy atom. The van der Waals surface area contributed by atoms with E-state index in [0.717, 1.165) is 0 Å². The Labute approximate surface area is 40.8 Å². The van der Waals surface area contributed by atoms with Crippen molar-refractivity contribution in [2.45, 2.75) is 0 Å². The zero-order valence-corrected chi connectivity index (χ0v) is 3.70. The molecule has 0 rings (SSSR count). The van der Waals surface area contributed by atoms with E-state index in [4.69, 9.17) is 29.4 Å². The van der Waals surface area contributed by atoms with Gasteiger partial charge in [-0.25, -0.2) is 0 Å². The van der Waals surface area contributed by atoms with Gasteiger partial charge < -0.3 is 0 Å². The minimum Gasteiger partial charge on any atom is -0.183 e. The van der Waals surface area contributed by atoms with Crippen LogP contribution in [0, 0.1) is 21.0 Å². The van der Waals surface area contributed by atoms with E-state index in [1.54, 1.807) is 0 Å². The topological polar surface area (TPSA) is 137 Å². The second-order valence-corrected chi connectivity index (χ2v) is 1.19. The summed E-state index contributed by atoms with van der Waals surface area (Å²) in [6.07, 6.45) is 0. The van der Waals surface area contributed by atoms with Crippen molar-refractivity contribution in [3.05, 3.63) is 0 Å². The standard InChI is InChI=1S/ClHO4.N2/c2-1(3,4)5;1-2/h(H,2,3,4,5);. The lowest BCUT2D eigenvalue weighted by Gasteiger charge is -2.03. The van der Waals surface area contributed by atoms with Crippen molar-refractivity contribution in [3.63, 3.8) is 0 Å². The van der Waals surface area contributed by atoms with Gasteiger partial charge in [0.1, 0.15) is 0 Å². The van der Waals surface area contributed by atoms with Crippen molar-refractivity contribution in [3.8, 4) is 0 Å². The van der Waals surface area contributed by atoms with E-state index < -0.39 is 10.2 Å². The Bertz CT molecular complexity index is 46.4. The molecule has 0 spiro atoms. The lowest BCUT2D eigenvalue weighted by atomic mass is 13.4. The van der Waals surface area contributed by atoms with Gasteiger partial charge >= 0.3 is 0 Å². The molecule has 0 bridgehead atoms. The van der Waals surface area contributed by atoms with Gasteiger partial charge in [0, 0.05) is 10.8 Å². The van der Waals surface area contributed by atoms with Crippen molar-refractivity contribution in [2.75, 3.05) is 0 Å². The average molecular weight is 128 g/mol. The van der Waals surface area contributed by atoms with Gasteiger partial charge in [0.2, 0.25) is 0 Å². The van der Waals surface area contributed by atoms with Crippen LogP contribution in [0.15, 0.2) is 0 Å². The third kappa shape index (κ3) is 345. The first-order valence-electron chi connectivity index (χ1n) is 0.832. The molecule has 0 amide bonds. The van der Waals surface area contributed by atoms with Crippen LogP contribution in [-0.4, -0.2) is 4.66 Å². The predicted molar refractivity (Wildman–Crippen MR) is 5.67 cm³/mol. The zero-order chi connectivity index (χ0) is 6.50. The Morgan fingerprint density at radius 3 is 1.14 bits per heavy atom. The van der Waals surface area contributed by atoms with Gasteiger partial charge in [-0.05, 0) is 0 Å². The fourth-order valence-corrected chi connectivity index (χ4v) is 0. The number of hydrogen-bond acceptors (Lipinski definition) is 6. The Kier molecular flexibility index (Phi) is 5.19. The molecule has 0 unspecified atom stereocenters. The van der Waals surface area contributed by atoms with Gasteiger partial charge in [-0.15, -0.1) is 0 Å². The Morgan fingerprint density at radius 2 is 1.14 bits per heavy atom. The molecule has 0 aromatic rings. The minimum absolute atomic E-state index is 4.69. The smallest absolute Gasteiger partial charge is 0.0777 e. The first-order valence-corrected chi connectivity index (χ1v) is 2.10. The molecule has 7 heteroatoms. The van der Waals surface area contributed by atoms with Crippen molar-refractivity contribution >= 4 is 0 Å². The second-order valence-electron chi connectivity index (χ2n) is 0.396. The lowest BCUT2D eigenvalue weighted by Crippen LogP contribution is -2.58. The maximum Gasteiger partial charge on any atom is 0.0777 e. The first-order chi connectivity index (χ1) is 3.00. The Balaban J connectivity index is 0. The van der Waals surface area contributed by atoms with Crippen LogP contribution in [-0.2, 0) is 0 Å². The van der Waals surface area contributed by atoms with E-state index in [0.29, 0.717) is 0 Å². The maximum absolute atomic E-state index is 8.60. The summed E-state index contributed by atoms with van der Waals surface area (Å²) in [5.74, 6) is 0. The van der Waals surface area contributed by atoms with Gasteiger partial charge in [-0.1, -0.05) is 0 Å². The fraction of sp³-hybridized carbons (Fsp3) is 0. The number of rotatable bonds is 0. The number of hydrogen-bond donors (Lipinski definition) is 1. The molecule has 7 heavy (non-hydrogen) atoms. The molecule has 6 nitrogen and oxygen atoms in total. The summed E-state index contributed by atoms with van der Waals surface area (Å²) in [4.78, 5) is 0. The molecule has 0 fully saturated rings. The zero-order valence-electron chi connectivity index (χ0n) is 2.94. The molecule has 0 radical (unpaired) electrons. The van der Waals surface area contributed by atoms with E-state index in [9.17, 15) is 0 Å². The van der Waals surface area contributed by atoms with Gasteiger partial charge in [-0.3, -0.25) is 0 Å². The number of halogens is 1. The van der Waals surface area contributed by atoms with Gasteiger partial charge in [0.05, 0.1) is 14.9 Å². The van der Waals surface area contributed by atoms with Gasteiger partial charge in [0.15, 0.2) is 0 Å². The van der Waals surface area contributed by atoms with E-state index in [1.807, 2.05) is 0 Å². The molecule has 0 aliphatic rings. The van der Waals surface area contributed by atoms with Crippen molar-refractivity contribution in [2.24, 2.45) is 0 Å². The molecule has 0 aromatic carbocycles. The molecule has 42 valence electrons. The van der Waals surface area contributed by atoms with E-state index in [2.05, 4.69) is 0 Å². The number of nitrogens with zero attached hydrogens (tertiary/aromatic N) is 2. The molecule has 0 saturated carbocycles. The summed E-state index contributed by atoms with van der Waals surface area (Å²) in [6.45, 7) is 0. The molecule has 0 aliphatic carbocycles. The third-order valence-electron chi connectivity index (χ3n) is 0. The van der Waals surface area contributed by atoms with E-state index >= 15 is 0 Å². The van der Waals surface area contributed by atoms with Crippen LogP contribution < -0.4 is 14.0 Å². The normalized spacial score (nSPS) is 8.86. The molecule has 0 aromatic heterocycles. The van der Waals surface area contributed by atoms with Crippen LogP contribution in [0.25, 0.3) is 0 Å². The average Bonchev–Trinajstić information content (AvgIpc) is 1.36. The summed E-state index contributed by atoms with van der Waals surface area (Å²) >= 11 is 0. The SMILES string of the molecule is N#N.[O-][Cl+3]([O-])([O-])O. The van der Waals surface area contributed by atoms with Crippen LogP contribution in [0.3, 0.4) is 0 Å².